The van der Waals surface area contributed by atoms with Gasteiger partial charge in [-0.3, -0.25) is 4.98 Å². The number of pyridine rings is 1. The molecule has 18 heavy (non-hydrogen) atoms. The second-order valence-electron chi connectivity index (χ2n) is 4.48. The molecule has 2 unspecified atom stereocenters. The van der Waals surface area contributed by atoms with Gasteiger partial charge < -0.3 is 5.11 Å². The Bertz CT molecular complexity index is 549. The van der Waals surface area contributed by atoms with Gasteiger partial charge in [0.15, 0.2) is 9.84 Å². The van der Waals surface area contributed by atoms with Gasteiger partial charge in [0.2, 0.25) is 0 Å². The zero-order valence-electron chi connectivity index (χ0n) is 9.51. The number of hydrogen-bond donors (Lipinski definition) is 1. The van der Waals surface area contributed by atoms with Crippen molar-refractivity contribution in [2.24, 2.45) is 0 Å². The predicted molar refractivity (Wildman–Crippen MR) is 68.2 cm³/mol. The molecule has 7 heteroatoms. The Kier molecular flexibility index (Phi) is 4.03. The topological polar surface area (TPSA) is 67.3 Å². The van der Waals surface area contributed by atoms with Gasteiger partial charge in [0.1, 0.15) is 5.82 Å². The highest BCUT2D eigenvalue weighted by Gasteiger charge is 2.34. The summed E-state index contributed by atoms with van der Waals surface area (Å²) in [5.41, 5.74) is -0.0698. The summed E-state index contributed by atoms with van der Waals surface area (Å²) in [6.45, 7) is 0. The lowest BCUT2D eigenvalue weighted by molar-refractivity contribution is 0.183. The molecule has 100 valence electrons. The SMILES string of the molecule is O=S(=O)(Cc1ncc(Br)cc1F)C1CCC(O)C1. The van der Waals surface area contributed by atoms with Crippen LogP contribution in [0.15, 0.2) is 16.7 Å². The molecule has 0 aliphatic heterocycles. The van der Waals surface area contributed by atoms with E-state index in [4.69, 9.17) is 0 Å². The van der Waals surface area contributed by atoms with Gasteiger partial charge in [0.25, 0.3) is 0 Å². The van der Waals surface area contributed by atoms with Crippen LogP contribution in [0.4, 0.5) is 4.39 Å². The van der Waals surface area contributed by atoms with Crippen molar-refractivity contribution in [1.82, 2.24) is 4.98 Å². The van der Waals surface area contributed by atoms with E-state index in [1.165, 1.54) is 12.3 Å². The predicted octanol–water partition coefficient (Wildman–Crippen LogP) is 1.81. The summed E-state index contributed by atoms with van der Waals surface area (Å²) in [5.74, 6) is -1.05. The Balaban J connectivity index is 2.17. The van der Waals surface area contributed by atoms with Crippen molar-refractivity contribution in [2.75, 3.05) is 0 Å². The molecular formula is C11H13BrFNO3S. The number of halogens is 2. The lowest BCUT2D eigenvalue weighted by atomic mass is 10.3. The van der Waals surface area contributed by atoms with Crippen LogP contribution in [-0.2, 0) is 15.6 Å². The van der Waals surface area contributed by atoms with E-state index in [0.717, 1.165) is 0 Å². The van der Waals surface area contributed by atoms with Crippen molar-refractivity contribution in [3.63, 3.8) is 0 Å². The van der Waals surface area contributed by atoms with E-state index in [2.05, 4.69) is 20.9 Å². The van der Waals surface area contributed by atoms with Crippen LogP contribution in [-0.4, -0.2) is 29.9 Å². The molecule has 0 bridgehead atoms. The minimum absolute atomic E-state index is 0.0698. The first-order valence-electron chi connectivity index (χ1n) is 5.58. The number of sulfone groups is 1. The molecule has 2 atom stereocenters. The van der Waals surface area contributed by atoms with Gasteiger partial charge in [-0.05, 0) is 41.3 Å². The lowest BCUT2D eigenvalue weighted by Crippen LogP contribution is -2.21. The van der Waals surface area contributed by atoms with Gasteiger partial charge in [-0.2, -0.15) is 0 Å². The summed E-state index contributed by atoms with van der Waals surface area (Å²) in [6.07, 6.45) is 1.96. The largest absolute Gasteiger partial charge is 0.393 e. The average Bonchev–Trinajstić information content (AvgIpc) is 2.70. The summed E-state index contributed by atoms with van der Waals surface area (Å²) in [5, 5.41) is 8.77. The Morgan fingerprint density at radius 1 is 1.50 bits per heavy atom. The van der Waals surface area contributed by atoms with Crippen LogP contribution in [0, 0.1) is 5.82 Å². The number of hydrogen-bond acceptors (Lipinski definition) is 4. The Morgan fingerprint density at radius 2 is 2.22 bits per heavy atom. The zero-order valence-corrected chi connectivity index (χ0v) is 11.9. The third-order valence-corrected chi connectivity index (χ3v) is 5.64. The molecule has 0 amide bonds. The third-order valence-electron chi connectivity index (χ3n) is 3.09. The average molecular weight is 338 g/mol. The molecule has 1 N–H and O–H groups in total. The molecule has 0 spiro atoms. The quantitative estimate of drug-likeness (QED) is 0.913. The van der Waals surface area contributed by atoms with Crippen LogP contribution in [0.5, 0.6) is 0 Å². The van der Waals surface area contributed by atoms with Crippen molar-refractivity contribution >= 4 is 25.8 Å². The highest BCUT2D eigenvalue weighted by atomic mass is 79.9. The molecule has 0 radical (unpaired) electrons. The normalized spacial score (nSPS) is 24.4. The summed E-state index contributed by atoms with van der Waals surface area (Å²) in [7, 11) is -3.46. The van der Waals surface area contributed by atoms with E-state index < -0.39 is 32.8 Å². The van der Waals surface area contributed by atoms with E-state index in [0.29, 0.717) is 17.3 Å². The number of aromatic nitrogens is 1. The van der Waals surface area contributed by atoms with E-state index in [9.17, 15) is 17.9 Å². The molecule has 0 aromatic carbocycles. The first-order chi connectivity index (χ1) is 8.38. The highest BCUT2D eigenvalue weighted by Crippen LogP contribution is 2.28. The number of aliphatic hydroxyl groups excluding tert-OH is 1. The highest BCUT2D eigenvalue weighted by molar-refractivity contribution is 9.10. The Labute approximate surface area is 113 Å². The van der Waals surface area contributed by atoms with Gasteiger partial charge >= 0.3 is 0 Å². The summed E-state index contributed by atoms with van der Waals surface area (Å²) >= 11 is 3.07. The minimum Gasteiger partial charge on any atom is -0.393 e. The van der Waals surface area contributed by atoms with Crippen molar-refractivity contribution in [3.05, 3.63) is 28.2 Å². The van der Waals surface area contributed by atoms with E-state index in [-0.39, 0.29) is 12.1 Å². The molecule has 1 aromatic rings. The van der Waals surface area contributed by atoms with Gasteiger partial charge in [0, 0.05) is 10.7 Å². The molecule has 1 fully saturated rings. The molecule has 1 aliphatic rings. The van der Waals surface area contributed by atoms with E-state index in [1.54, 1.807) is 0 Å². The fraction of sp³-hybridized carbons (Fsp3) is 0.545. The van der Waals surface area contributed by atoms with Gasteiger partial charge in [-0.15, -0.1) is 0 Å². The Morgan fingerprint density at radius 3 is 2.78 bits per heavy atom. The fourth-order valence-electron chi connectivity index (χ4n) is 2.10. The van der Waals surface area contributed by atoms with Crippen LogP contribution >= 0.6 is 15.9 Å². The summed E-state index contributed by atoms with van der Waals surface area (Å²) in [6, 6.07) is 1.20. The van der Waals surface area contributed by atoms with E-state index in [1.807, 2.05) is 0 Å². The summed E-state index contributed by atoms with van der Waals surface area (Å²) < 4.78 is 38.1. The van der Waals surface area contributed by atoms with Crippen molar-refractivity contribution in [3.8, 4) is 0 Å². The van der Waals surface area contributed by atoms with Crippen molar-refractivity contribution in [1.29, 1.82) is 0 Å². The Hall–Kier alpha value is -0.530. The second kappa shape index (κ2) is 5.22. The van der Waals surface area contributed by atoms with Crippen LogP contribution in [0.3, 0.4) is 0 Å². The maximum Gasteiger partial charge on any atom is 0.159 e. The first kappa shape index (κ1) is 13.9. The van der Waals surface area contributed by atoms with Gasteiger partial charge in [-0.1, -0.05) is 0 Å². The molecular weight excluding hydrogens is 325 g/mol. The maximum absolute atomic E-state index is 13.5. The van der Waals surface area contributed by atoms with E-state index >= 15 is 0 Å². The monoisotopic (exact) mass is 337 g/mol. The van der Waals surface area contributed by atoms with Gasteiger partial charge in [0.05, 0.1) is 22.8 Å². The van der Waals surface area contributed by atoms with Crippen LogP contribution in [0.1, 0.15) is 25.0 Å². The molecule has 1 aliphatic carbocycles. The molecule has 1 heterocycles. The summed E-state index contributed by atoms with van der Waals surface area (Å²) in [4.78, 5) is 3.79. The van der Waals surface area contributed by atoms with Crippen LogP contribution < -0.4 is 0 Å². The number of rotatable bonds is 3. The second-order valence-corrected chi connectivity index (χ2v) is 7.67. The standard InChI is InChI=1S/C11H13BrFNO3S/c12-7-3-10(13)11(14-5-7)6-18(16,17)9-2-1-8(15)4-9/h3,5,8-9,15H,1-2,4,6H2. The third kappa shape index (κ3) is 3.07. The fourth-order valence-corrected chi connectivity index (χ4v) is 4.24. The van der Waals surface area contributed by atoms with Gasteiger partial charge in [-0.25, -0.2) is 12.8 Å². The molecule has 1 aromatic heterocycles. The molecule has 4 nitrogen and oxygen atoms in total. The number of aliphatic hydroxyl groups is 1. The maximum atomic E-state index is 13.5. The zero-order chi connectivity index (χ0) is 13.3. The van der Waals surface area contributed by atoms with Crippen LogP contribution in [0.2, 0.25) is 0 Å². The first-order valence-corrected chi connectivity index (χ1v) is 8.09. The molecule has 0 saturated heterocycles. The minimum atomic E-state index is -3.46. The van der Waals surface area contributed by atoms with Crippen LogP contribution in [0.25, 0.3) is 0 Å². The smallest absolute Gasteiger partial charge is 0.159 e. The molecule has 2 rings (SSSR count). The van der Waals surface area contributed by atoms with Crippen molar-refractivity contribution in [2.45, 2.75) is 36.4 Å². The number of nitrogens with zero attached hydrogens (tertiary/aromatic N) is 1. The lowest BCUT2D eigenvalue weighted by Gasteiger charge is -2.11. The van der Waals surface area contributed by atoms with Crippen molar-refractivity contribution < 1.29 is 17.9 Å². The molecule has 1 saturated carbocycles.